The first kappa shape index (κ1) is 16.4. The van der Waals surface area contributed by atoms with E-state index in [2.05, 4.69) is 4.90 Å². The second-order valence-corrected chi connectivity index (χ2v) is 8.26. The Labute approximate surface area is 127 Å². The fourth-order valence-corrected chi connectivity index (χ4v) is 4.05. The third-order valence-electron chi connectivity index (χ3n) is 4.28. The minimum atomic E-state index is -3.47. The van der Waals surface area contributed by atoms with Crippen LogP contribution in [0.3, 0.4) is 0 Å². The van der Waals surface area contributed by atoms with Crippen molar-refractivity contribution in [3.8, 4) is 0 Å². The molecule has 1 aromatic rings. The fraction of sp³-hybridized carbons (Fsp3) is 0.600. The number of benzene rings is 1. The quantitative estimate of drug-likeness (QED) is 0.918. The summed E-state index contributed by atoms with van der Waals surface area (Å²) in [6.45, 7) is 7.45. The lowest BCUT2D eigenvalue weighted by Gasteiger charge is -2.44. The summed E-state index contributed by atoms with van der Waals surface area (Å²) < 4.78 is 27.0. The molecule has 1 aliphatic heterocycles. The highest BCUT2D eigenvalue weighted by molar-refractivity contribution is 7.89. The van der Waals surface area contributed by atoms with Gasteiger partial charge >= 0.3 is 0 Å². The summed E-state index contributed by atoms with van der Waals surface area (Å²) in [6.07, 6.45) is -0.593. The largest absolute Gasteiger partial charge is 0.389 e. The van der Waals surface area contributed by atoms with Crippen molar-refractivity contribution in [1.29, 1.82) is 0 Å². The van der Waals surface area contributed by atoms with Gasteiger partial charge in [0, 0.05) is 25.2 Å². The van der Waals surface area contributed by atoms with E-state index in [0.717, 1.165) is 6.54 Å². The summed E-state index contributed by atoms with van der Waals surface area (Å²) >= 11 is 0. The minimum Gasteiger partial charge on any atom is -0.389 e. The molecule has 1 saturated heterocycles. The van der Waals surface area contributed by atoms with Gasteiger partial charge in [-0.25, -0.2) is 8.42 Å². The molecule has 0 saturated carbocycles. The zero-order valence-electron chi connectivity index (χ0n) is 13.1. The first-order valence-electron chi connectivity index (χ1n) is 7.14. The first-order chi connectivity index (χ1) is 9.64. The van der Waals surface area contributed by atoms with Crippen molar-refractivity contribution >= 4 is 10.0 Å². The molecule has 0 aliphatic carbocycles. The molecule has 2 rings (SSSR count). The Bertz CT molecular complexity index is 594. The van der Waals surface area contributed by atoms with Gasteiger partial charge in [-0.3, -0.25) is 4.90 Å². The lowest BCUT2D eigenvalue weighted by Crippen LogP contribution is -2.58. The van der Waals surface area contributed by atoms with Gasteiger partial charge in [-0.05, 0) is 45.5 Å². The molecule has 1 N–H and O–H groups in total. The number of likely N-dealkylation sites (N-methyl/N-ethyl adjacent to an activating group) is 1. The Balaban J connectivity index is 2.26. The van der Waals surface area contributed by atoms with Crippen LogP contribution in [0.5, 0.6) is 0 Å². The highest BCUT2D eigenvalue weighted by Crippen LogP contribution is 2.25. The molecule has 1 atom stereocenters. The van der Waals surface area contributed by atoms with Crippen molar-refractivity contribution in [2.24, 2.45) is 0 Å². The lowest BCUT2D eigenvalue weighted by atomic mass is 10.0. The third kappa shape index (κ3) is 3.29. The van der Waals surface area contributed by atoms with Gasteiger partial charge in [0.1, 0.15) is 0 Å². The van der Waals surface area contributed by atoms with Gasteiger partial charge in [-0.1, -0.05) is 12.1 Å². The number of nitrogens with zero attached hydrogens (tertiary/aromatic N) is 2. The zero-order chi connectivity index (χ0) is 15.8. The van der Waals surface area contributed by atoms with E-state index in [-0.39, 0.29) is 10.4 Å². The van der Waals surface area contributed by atoms with Crippen LogP contribution in [0.25, 0.3) is 0 Å². The summed E-state index contributed by atoms with van der Waals surface area (Å²) in [5.41, 5.74) is 0.540. The first-order valence-corrected chi connectivity index (χ1v) is 8.58. The summed E-state index contributed by atoms with van der Waals surface area (Å²) in [7, 11) is -1.46. The number of aliphatic hydroxyl groups is 1. The monoisotopic (exact) mass is 312 g/mol. The van der Waals surface area contributed by atoms with Crippen molar-refractivity contribution in [3.05, 3.63) is 29.8 Å². The van der Waals surface area contributed by atoms with Crippen LogP contribution in [-0.4, -0.2) is 55.0 Å². The highest BCUT2D eigenvalue weighted by Gasteiger charge is 2.37. The summed E-state index contributed by atoms with van der Waals surface area (Å²) in [6, 6.07) is 6.48. The van der Waals surface area contributed by atoms with E-state index in [1.54, 1.807) is 35.5 Å². The SMILES string of the molecule is CC(O)c1ccc(S(=O)(=O)N2CCN(C)C(C)(C)C2)cc1. The average Bonchev–Trinajstić information content (AvgIpc) is 2.41. The lowest BCUT2D eigenvalue weighted by molar-refractivity contribution is 0.0801. The Morgan fingerprint density at radius 1 is 1.19 bits per heavy atom. The average molecular weight is 312 g/mol. The molecule has 1 fully saturated rings. The van der Waals surface area contributed by atoms with Crippen LogP contribution in [0.1, 0.15) is 32.4 Å². The van der Waals surface area contributed by atoms with Crippen molar-refractivity contribution < 1.29 is 13.5 Å². The molecule has 0 radical (unpaired) electrons. The van der Waals surface area contributed by atoms with Crippen LogP contribution in [0.4, 0.5) is 0 Å². The van der Waals surface area contributed by atoms with E-state index in [9.17, 15) is 13.5 Å². The fourth-order valence-electron chi connectivity index (χ4n) is 2.47. The molecular weight excluding hydrogens is 288 g/mol. The van der Waals surface area contributed by atoms with Crippen molar-refractivity contribution in [1.82, 2.24) is 9.21 Å². The smallest absolute Gasteiger partial charge is 0.243 e. The number of piperazine rings is 1. The topological polar surface area (TPSA) is 60.9 Å². The van der Waals surface area contributed by atoms with E-state index >= 15 is 0 Å². The van der Waals surface area contributed by atoms with Crippen LogP contribution >= 0.6 is 0 Å². The Hall–Kier alpha value is -0.950. The number of rotatable bonds is 3. The van der Waals surface area contributed by atoms with Crippen molar-refractivity contribution in [2.45, 2.75) is 37.3 Å². The molecule has 0 bridgehead atoms. The molecule has 21 heavy (non-hydrogen) atoms. The second kappa shape index (κ2) is 5.68. The number of hydrogen-bond donors (Lipinski definition) is 1. The van der Waals surface area contributed by atoms with Crippen LogP contribution in [-0.2, 0) is 10.0 Å². The van der Waals surface area contributed by atoms with Gasteiger partial charge in [0.15, 0.2) is 0 Å². The van der Waals surface area contributed by atoms with Crippen LogP contribution in [0.2, 0.25) is 0 Å². The van der Waals surface area contributed by atoms with Crippen LogP contribution in [0, 0.1) is 0 Å². The van der Waals surface area contributed by atoms with Crippen LogP contribution in [0.15, 0.2) is 29.2 Å². The number of sulfonamides is 1. The van der Waals surface area contributed by atoms with E-state index in [1.165, 1.54) is 0 Å². The zero-order valence-corrected chi connectivity index (χ0v) is 13.9. The maximum Gasteiger partial charge on any atom is 0.243 e. The molecule has 5 nitrogen and oxygen atoms in total. The molecule has 1 aliphatic rings. The summed E-state index contributed by atoms with van der Waals surface area (Å²) in [4.78, 5) is 2.46. The predicted octanol–water partition coefficient (Wildman–Crippen LogP) is 1.45. The Morgan fingerprint density at radius 3 is 2.24 bits per heavy atom. The van der Waals surface area contributed by atoms with Gasteiger partial charge in [0.05, 0.1) is 11.0 Å². The summed E-state index contributed by atoms with van der Waals surface area (Å²) in [5, 5.41) is 9.50. The molecular formula is C15H24N2O3S. The Morgan fingerprint density at radius 2 is 1.76 bits per heavy atom. The maximum absolute atomic E-state index is 12.7. The standard InChI is InChI=1S/C15H24N2O3S/c1-12(18)13-5-7-14(8-6-13)21(19,20)17-10-9-16(4)15(2,3)11-17/h5-8,12,18H,9-11H2,1-4H3. The third-order valence-corrected chi connectivity index (χ3v) is 6.14. The van der Waals surface area contributed by atoms with Gasteiger partial charge < -0.3 is 5.11 Å². The number of aliphatic hydroxyl groups excluding tert-OH is 1. The maximum atomic E-state index is 12.7. The van der Waals surface area contributed by atoms with Crippen molar-refractivity contribution in [2.75, 3.05) is 26.7 Å². The molecule has 1 heterocycles. The molecule has 6 heteroatoms. The van der Waals surface area contributed by atoms with E-state index in [1.807, 2.05) is 20.9 Å². The van der Waals surface area contributed by atoms with E-state index in [0.29, 0.717) is 18.7 Å². The summed E-state index contributed by atoms with van der Waals surface area (Å²) in [5.74, 6) is 0. The van der Waals surface area contributed by atoms with E-state index in [4.69, 9.17) is 0 Å². The normalized spacial score (nSPS) is 22.1. The predicted molar refractivity (Wildman–Crippen MR) is 82.5 cm³/mol. The minimum absolute atomic E-state index is 0.176. The van der Waals surface area contributed by atoms with Gasteiger partial charge in [0.25, 0.3) is 0 Å². The molecule has 118 valence electrons. The molecule has 0 amide bonds. The molecule has 0 spiro atoms. The van der Waals surface area contributed by atoms with Gasteiger partial charge in [-0.15, -0.1) is 0 Å². The van der Waals surface area contributed by atoms with Gasteiger partial charge in [-0.2, -0.15) is 4.31 Å². The van der Waals surface area contributed by atoms with Crippen molar-refractivity contribution in [3.63, 3.8) is 0 Å². The van der Waals surface area contributed by atoms with Gasteiger partial charge in [0.2, 0.25) is 10.0 Å². The number of hydrogen-bond acceptors (Lipinski definition) is 4. The van der Waals surface area contributed by atoms with E-state index < -0.39 is 16.1 Å². The Kier molecular flexibility index (Phi) is 4.44. The highest BCUT2D eigenvalue weighted by atomic mass is 32.2. The molecule has 0 aromatic heterocycles. The van der Waals surface area contributed by atoms with Crippen LogP contribution < -0.4 is 0 Å². The molecule has 1 aromatic carbocycles. The second-order valence-electron chi connectivity index (χ2n) is 6.32. The molecule has 1 unspecified atom stereocenters.